The van der Waals surface area contributed by atoms with Crippen molar-refractivity contribution in [3.63, 3.8) is 0 Å². The van der Waals surface area contributed by atoms with Gasteiger partial charge in [-0.2, -0.15) is 0 Å². The Morgan fingerprint density at radius 3 is 2.58 bits per heavy atom. The number of hydrogen-bond donors (Lipinski definition) is 0. The third kappa shape index (κ3) is 3.53. The number of ether oxygens (including phenoxy) is 1. The Labute approximate surface area is 143 Å². The Morgan fingerprint density at radius 1 is 1.32 bits per heavy atom. The van der Waals surface area contributed by atoms with Crippen LogP contribution in [0.3, 0.4) is 0 Å². The molecule has 0 radical (unpaired) electrons. The van der Waals surface area contributed by atoms with Gasteiger partial charge in [0, 0.05) is 16.0 Å². The van der Waals surface area contributed by atoms with Crippen molar-refractivity contribution in [3.05, 3.63) is 33.8 Å². The van der Waals surface area contributed by atoms with E-state index in [0.717, 1.165) is 5.56 Å². The quantitative estimate of drug-likeness (QED) is 0.479. The van der Waals surface area contributed by atoms with Gasteiger partial charge in [0.05, 0.1) is 7.11 Å². The Balaban J connectivity index is 0.00000180. The van der Waals surface area contributed by atoms with Gasteiger partial charge in [0.25, 0.3) is 0 Å². The van der Waals surface area contributed by atoms with Crippen LogP contribution in [0.5, 0.6) is 0 Å². The molecule has 0 spiro atoms. The predicted molar refractivity (Wildman–Crippen MR) is 76.1 cm³/mol. The van der Waals surface area contributed by atoms with Crippen LogP contribution in [-0.2, 0) is 14.3 Å². The van der Waals surface area contributed by atoms with E-state index in [1.54, 1.807) is 18.2 Å². The van der Waals surface area contributed by atoms with E-state index >= 15 is 0 Å². The minimum absolute atomic E-state index is 0. The molecule has 0 N–H and O–H groups in total. The Bertz CT molecular complexity index is 505. The van der Waals surface area contributed by atoms with Crippen LogP contribution in [0.4, 0.5) is 0 Å². The second kappa shape index (κ2) is 7.09. The summed E-state index contributed by atoms with van der Waals surface area (Å²) in [6.07, 6.45) is 1.12. The van der Waals surface area contributed by atoms with Gasteiger partial charge in [0.1, 0.15) is 5.92 Å². The molecule has 1 aliphatic carbocycles. The zero-order chi connectivity index (χ0) is 13.3. The second-order valence-electron chi connectivity index (χ2n) is 4.27. The molecular formula is C13H13Cl2NaO3. The molecule has 0 bridgehead atoms. The summed E-state index contributed by atoms with van der Waals surface area (Å²) in [4.78, 5) is 23.6. The maximum absolute atomic E-state index is 12.2. The summed E-state index contributed by atoms with van der Waals surface area (Å²) in [6, 6.07) is 5.05. The summed E-state index contributed by atoms with van der Waals surface area (Å²) >= 11 is 11.9. The molecule has 0 heterocycles. The molecule has 98 valence electrons. The van der Waals surface area contributed by atoms with E-state index in [9.17, 15) is 9.59 Å². The Hall–Kier alpha value is -0.0600. The molecule has 1 aromatic rings. The second-order valence-corrected chi connectivity index (χ2v) is 5.12. The summed E-state index contributed by atoms with van der Waals surface area (Å²) in [5.74, 6) is -1.58. The van der Waals surface area contributed by atoms with Crippen molar-refractivity contribution in [1.82, 2.24) is 0 Å². The van der Waals surface area contributed by atoms with E-state index < -0.39 is 11.9 Å². The van der Waals surface area contributed by atoms with Crippen LogP contribution in [0.25, 0.3) is 0 Å². The van der Waals surface area contributed by atoms with E-state index in [-0.39, 0.29) is 41.3 Å². The van der Waals surface area contributed by atoms with Crippen LogP contribution in [-0.4, -0.2) is 48.4 Å². The molecule has 2 rings (SSSR count). The maximum atomic E-state index is 12.2. The molecule has 0 aliphatic heterocycles. The first-order valence-electron chi connectivity index (χ1n) is 5.61. The molecule has 0 amide bonds. The molecule has 0 aromatic heterocycles. The van der Waals surface area contributed by atoms with Gasteiger partial charge in [-0.1, -0.05) is 29.3 Å². The van der Waals surface area contributed by atoms with Crippen molar-refractivity contribution >= 4 is 64.5 Å². The van der Waals surface area contributed by atoms with Gasteiger partial charge in [-0.15, -0.1) is 0 Å². The number of carbonyl (C=O) groups excluding carboxylic acids is 2. The molecular weight excluding hydrogens is 298 g/mol. The van der Waals surface area contributed by atoms with Gasteiger partial charge in [-0.25, -0.2) is 0 Å². The standard InChI is InChI=1S/C13H12Cl2O3.Na.H/c1-18-13(17)10-5-4-9(12(10)16)8-3-2-7(14)6-11(8)15;;/h2-3,6,9-10H,4-5H2,1H3;;. The third-order valence-electron chi connectivity index (χ3n) is 3.25. The number of carbonyl (C=O) groups is 2. The molecule has 1 fully saturated rings. The van der Waals surface area contributed by atoms with E-state index in [0.29, 0.717) is 22.9 Å². The van der Waals surface area contributed by atoms with E-state index in [2.05, 4.69) is 4.74 Å². The molecule has 6 heteroatoms. The Kier molecular flexibility index (Phi) is 6.34. The molecule has 1 saturated carbocycles. The summed E-state index contributed by atoms with van der Waals surface area (Å²) in [6.45, 7) is 0. The first-order valence-corrected chi connectivity index (χ1v) is 6.36. The van der Waals surface area contributed by atoms with E-state index in [4.69, 9.17) is 23.2 Å². The molecule has 3 nitrogen and oxygen atoms in total. The van der Waals surface area contributed by atoms with Gasteiger partial charge in [-0.05, 0) is 30.5 Å². The van der Waals surface area contributed by atoms with Crippen LogP contribution >= 0.6 is 23.2 Å². The van der Waals surface area contributed by atoms with Gasteiger partial charge in [0.2, 0.25) is 0 Å². The Morgan fingerprint density at radius 2 is 2.00 bits per heavy atom. The first-order chi connectivity index (χ1) is 8.54. The SMILES string of the molecule is COC(=O)C1CCC(c2ccc(Cl)cc2Cl)C1=O.[NaH]. The van der Waals surface area contributed by atoms with Crippen LogP contribution in [0, 0.1) is 5.92 Å². The van der Waals surface area contributed by atoms with Crippen molar-refractivity contribution in [1.29, 1.82) is 0 Å². The molecule has 19 heavy (non-hydrogen) atoms. The third-order valence-corrected chi connectivity index (χ3v) is 3.82. The number of halogens is 2. The number of hydrogen-bond acceptors (Lipinski definition) is 3. The number of Topliss-reactive ketones (excluding diaryl/α,β-unsaturated/α-hetero) is 1. The van der Waals surface area contributed by atoms with Crippen molar-refractivity contribution < 1.29 is 14.3 Å². The molecule has 2 unspecified atom stereocenters. The van der Waals surface area contributed by atoms with E-state index in [1.165, 1.54) is 7.11 Å². The number of rotatable bonds is 2. The number of ketones is 1. The summed E-state index contributed by atoms with van der Waals surface area (Å²) in [5, 5.41) is 0.991. The normalized spacial score (nSPS) is 21.9. The van der Waals surface area contributed by atoms with Crippen molar-refractivity contribution in [2.45, 2.75) is 18.8 Å². The molecule has 2 atom stereocenters. The van der Waals surface area contributed by atoms with Gasteiger partial charge < -0.3 is 4.74 Å². The minimum atomic E-state index is -0.660. The van der Waals surface area contributed by atoms with Crippen molar-refractivity contribution in [2.75, 3.05) is 7.11 Å². The molecule has 0 saturated heterocycles. The number of methoxy groups -OCH3 is 1. The average Bonchev–Trinajstić information content (AvgIpc) is 2.70. The average molecular weight is 311 g/mol. The fraction of sp³-hybridized carbons (Fsp3) is 0.385. The van der Waals surface area contributed by atoms with Crippen LogP contribution in [0.2, 0.25) is 10.0 Å². The van der Waals surface area contributed by atoms with Crippen LogP contribution < -0.4 is 0 Å². The van der Waals surface area contributed by atoms with Gasteiger partial charge in [0.15, 0.2) is 5.78 Å². The summed E-state index contributed by atoms with van der Waals surface area (Å²) in [5.41, 5.74) is 0.734. The number of benzene rings is 1. The molecule has 1 aliphatic rings. The zero-order valence-corrected chi connectivity index (χ0v) is 11.3. The van der Waals surface area contributed by atoms with E-state index in [1.807, 2.05) is 0 Å². The predicted octanol–water partition coefficient (Wildman–Crippen LogP) is 2.58. The van der Waals surface area contributed by atoms with Crippen molar-refractivity contribution in [3.8, 4) is 0 Å². The fourth-order valence-corrected chi connectivity index (χ4v) is 2.87. The van der Waals surface area contributed by atoms with Gasteiger partial charge in [-0.3, -0.25) is 9.59 Å². The first kappa shape index (κ1) is 17.0. The zero-order valence-electron chi connectivity index (χ0n) is 9.78. The van der Waals surface area contributed by atoms with Gasteiger partial charge >= 0.3 is 35.5 Å². The van der Waals surface area contributed by atoms with Crippen LogP contribution in [0.15, 0.2) is 18.2 Å². The van der Waals surface area contributed by atoms with Crippen molar-refractivity contribution in [2.24, 2.45) is 5.92 Å². The monoisotopic (exact) mass is 310 g/mol. The topological polar surface area (TPSA) is 43.4 Å². The van der Waals surface area contributed by atoms with Crippen LogP contribution in [0.1, 0.15) is 24.3 Å². The summed E-state index contributed by atoms with van der Waals surface area (Å²) in [7, 11) is 1.29. The number of esters is 1. The summed E-state index contributed by atoms with van der Waals surface area (Å²) < 4.78 is 4.62. The fourth-order valence-electron chi connectivity index (χ4n) is 2.33. The molecule has 1 aromatic carbocycles.